The van der Waals surface area contributed by atoms with E-state index >= 15 is 0 Å². The first-order valence-corrected chi connectivity index (χ1v) is 5.91. The van der Waals surface area contributed by atoms with E-state index in [1.165, 1.54) is 0 Å². The Balaban J connectivity index is 2.54. The molecule has 1 aromatic rings. The van der Waals surface area contributed by atoms with Crippen molar-refractivity contribution in [2.24, 2.45) is 0 Å². The van der Waals surface area contributed by atoms with Crippen LogP contribution in [-0.2, 0) is 0 Å². The fourth-order valence-corrected chi connectivity index (χ4v) is 1.81. The van der Waals surface area contributed by atoms with Gasteiger partial charge in [-0.05, 0) is 39.2 Å². The van der Waals surface area contributed by atoms with Crippen molar-refractivity contribution in [1.29, 1.82) is 0 Å². The highest BCUT2D eigenvalue weighted by atomic mass is 19.1. The third-order valence-electron chi connectivity index (χ3n) is 2.62. The van der Waals surface area contributed by atoms with Gasteiger partial charge in [0.2, 0.25) is 0 Å². The summed E-state index contributed by atoms with van der Waals surface area (Å²) in [5.74, 6) is -1.14. The topological polar surface area (TPSA) is 35.5 Å². The van der Waals surface area contributed by atoms with Gasteiger partial charge in [0.25, 0.3) is 0 Å². The zero-order chi connectivity index (χ0) is 13.7. The third-order valence-corrected chi connectivity index (χ3v) is 2.62. The van der Waals surface area contributed by atoms with Gasteiger partial charge in [-0.1, -0.05) is 0 Å². The van der Waals surface area contributed by atoms with Crippen molar-refractivity contribution in [2.75, 3.05) is 27.2 Å². The second kappa shape index (κ2) is 6.78. The van der Waals surface area contributed by atoms with Crippen LogP contribution in [0.15, 0.2) is 18.2 Å². The molecule has 1 rings (SSSR count). The highest BCUT2D eigenvalue weighted by molar-refractivity contribution is 5.21. The number of nitrogens with zero attached hydrogens (tertiary/aromatic N) is 1. The Morgan fingerprint density at radius 1 is 1.33 bits per heavy atom. The minimum absolute atomic E-state index is 0.0143. The molecule has 0 aliphatic rings. The summed E-state index contributed by atoms with van der Waals surface area (Å²) in [4.78, 5) is 2.01. The van der Waals surface area contributed by atoms with Gasteiger partial charge in [-0.15, -0.1) is 0 Å². The summed E-state index contributed by atoms with van der Waals surface area (Å²) in [5.41, 5.74) is -0.0143. The molecule has 0 aliphatic heterocycles. The molecular weight excluding hydrogens is 238 g/mol. The maximum Gasteiger partial charge on any atom is 0.129 e. The molecule has 0 fully saturated rings. The van der Waals surface area contributed by atoms with Gasteiger partial charge in [0.1, 0.15) is 11.6 Å². The van der Waals surface area contributed by atoms with Gasteiger partial charge in [-0.3, -0.25) is 0 Å². The molecule has 5 heteroatoms. The molecule has 0 radical (unpaired) electrons. The molecule has 0 amide bonds. The minimum Gasteiger partial charge on any atom is -0.387 e. The predicted octanol–water partition coefficient (Wildman–Crippen LogP) is 1.54. The van der Waals surface area contributed by atoms with E-state index in [9.17, 15) is 13.9 Å². The number of hydrogen-bond acceptors (Lipinski definition) is 3. The quantitative estimate of drug-likeness (QED) is 0.812. The molecule has 0 bridgehead atoms. The lowest BCUT2D eigenvalue weighted by Crippen LogP contribution is -2.38. The van der Waals surface area contributed by atoms with E-state index in [1.807, 2.05) is 25.9 Å². The monoisotopic (exact) mass is 258 g/mol. The molecule has 0 spiro atoms. The lowest BCUT2D eigenvalue weighted by molar-refractivity contribution is 0.163. The number of halogens is 2. The highest BCUT2D eigenvalue weighted by Crippen LogP contribution is 2.17. The van der Waals surface area contributed by atoms with Gasteiger partial charge in [0.15, 0.2) is 0 Å². The zero-order valence-electron chi connectivity index (χ0n) is 11.0. The molecule has 0 saturated carbocycles. The van der Waals surface area contributed by atoms with E-state index in [2.05, 4.69) is 5.32 Å². The van der Waals surface area contributed by atoms with Crippen LogP contribution in [0.1, 0.15) is 18.6 Å². The van der Waals surface area contributed by atoms with E-state index in [1.54, 1.807) is 0 Å². The number of hydrogen-bond donors (Lipinski definition) is 2. The van der Waals surface area contributed by atoms with Crippen LogP contribution in [-0.4, -0.2) is 43.2 Å². The fraction of sp³-hybridized carbons (Fsp3) is 0.538. The predicted molar refractivity (Wildman–Crippen MR) is 67.3 cm³/mol. The van der Waals surface area contributed by atoms with Gasteiger partial charge < -0.3 is 15.3 Å². The van der Waals surface area contributed by atoms with Gasteiger partial charge >= 0.3 is 0 Å². The Hall–Kier alpha value is -1.04. The maximum atomic E-state index is 13.4. The molecule has 1 aromatic carbocycles. The number of likely N-dealkylation sites (N-methyl/N-ethyl adjacent to an activating group) is 1. The first kappa shape index (κ1) is 15.0. The first-order valence-electron chi connectivity index (χ1n) is 5.91. The Morgan fingerprint density at radius 3 is 2.61 bits per heavy atom. The van der Waals surface area contributed by atoms with Crippen molar-refractivity contribution in [1.82, 2.24) is 10.2 Å². The summed E-state index contributed by atoms with van der Waals surface area (Å²) < 4.78 is 26.4. The van der Waals surface area contributed by atoms with E-state index < -0.39 is 17.7 Å². The van der Waals surface area contributed by atoms with Crippen LogP contribution in [0, 0.1) is 11.6 Å². The maximum absolute atomic E-state index is 13.4. The Morgan fingerprint density at radius 2 is 2.00 bits per heavy atom. The number of rotatable bonds is 6. The summed E-state index contributed by atoms with van der Waals surface area (Å²) in [7, 11) is 3.89. The normalized spacial score (nSPS) is 14.8. The summed E-state index contributed by atoms with van der Waals surface area (Å²) in [6, 6.07) is 3.24. The summed E-state index contributed by atoms with van der Waals surface area (Å²) >= 11 is 0. The van der Waals surface area contributed by atoms with Crippen LogP contribution in [0.25, 0.3) is 0 Å². The van der Waals surface area contributed by atoms with E-state index in [4.69, 9.17) is 0 Å². The Labute approximate surface area is 106 Å². The van der Waals surface area contributed by atoms with Crippen LogP contribution >= 0.6 is 0 Å². The molecule has 0 saturated heterocycles. The molecule has 2 N–H and O–H groups in total. The average molecular weight is 258 g/mol. The van der Waals surface area contributed by atoms with Crippen LogP contribution in [0.5, 0.6) is 0 Å². The largest absolute Gasteiger partial charge is 0.387 e. The zero-order valence-corrected chi connectivity index (χ0v) is 11.0. The van der Waals surface area contributed by atoms with E-state index in [0.29, 0.717) is 0 Å². The molecular formula is C13H20F2N2O. The van der Waals surface area contributed by atoms with E-state index in [0.717, 1.165) is 24.7 Å². The molecule has 102 valence electrons. The number of benzene rings is 1. The summed E-state index contributed by atoms with van der Waals surface area (Å²) in [5, 5.41) is 12.9. The smallest absolute Gasteiger partial charge is 0.129 e. The van der Waals surface area contributed by atoms with Crippen molar-refractivity contribution >= 4 is 0 Å². The molecule has 3 nitrogen and oxygen atoms in total. The molecule has 2 atom stereocenters. The SMILES string of the molecule is CC(CN(C)C)NCC(O)c1cc(F)ccc1F. The number of aliphatic hydroxyl groups is 1. The van der Waals surface area contributed by atoms with Crippen LogP contribution in [0.4, 0.5) is 8.78 Å². The first-order chi connectivity index (χ1) is 8.40. The van der Waals surface area contributed by atoms with Crippen LogP contribution < -0.4 is 5.32 Å². The van der Waals surface area contributed by atoms with Crippen molar-refractivity contribution in [3.8, 4) is 0 Å². The lowest BCUT2D eigenvalue weighted by atomic mass is 10.1. The van der Waals surface area contributed by atoms with Crippen molar-refractivity contribution in [3.05, 3.63) is 35.4 Å². The molecule has 2 unspecified atom stereocenters. The van der Waals surface area contributed by atoms with E-state index in [-0.39, 0.29) is 18.2 Å². The number of nitrogens with one attached hydrogen (secondary N) is 1. The second-order valence-corrected chi connectivity index (χ2v) is 4.75. The fourth-order valence-electron chi connectivity index (χ4n) is 1.81. The molecule has 18 heavy (non-hydrogen) atoms. The second-order valence-electron chi connectivity index (χ2n) is 4.75. The minimum atomic E-state index is -1.05. The summed E-state index contributed by atoms with van der Waals surface area (Å²) in [6.07, 6.45) is -1.05. The van der Waals surface area contributed by atoms with Crippen molar-refractivity contribution in [2.45, 2.75) is 19.1 Å². The van der Waals surface area contributed by atoms with Gasteiger partial charge in [-0.25, -0.2) is 8.78 Å². The standard InChI is InChI=1S/C13H20F2N2O/c1-9(8-17(2)3)16-7-13(18)11-6-10(14)4-5-12(11)15/h4-6,9,13,16,18H,7-8H2,1-3H3. The van der Waals surface area contributed by atoms with Gasteiger partial charge in [-0.2, -0.15) is 0 Å². The highest BCUT2D eigenvalue weighted by Gasteiger charge is 2.14. The van der Waals surface area contributed by atoms with Crippen molar-refractivity contribution < 1.29 is 13.9 Å². The Kier molecular flexibility index (Phi) is 5.65. The molecule has 0 heterocycles. The number of aliphatic hydroxyl groups excluding tert-OH is 1. The van der Waals surface area contributed by atoms with Crippen LogP contribution in [0.2, 0.25) is 0 Å². The summed E-state index contributed by atoms with van der Waals surface area (Å²) in [6.45, 7) is 2.96. The van der Waals surface area contributed by atoms with Gasteiger partial charge in [0.05, 0.1) is 6.10 Å². The third kappa shape index (κ3) is 4.68. The van der Waals surface area contributed by atoms with Gasteiger partial charge in [0, 0.05) is 24.7 Å². The Bertz CT molecular complexity index is 385. The lowest BCUT2D eigenvalue weighted by Gasteiger charge is -2.20. The van der Waals surface area contributed by atoms with Crippen LogP contribution in [0.3, 0.4) is 0 Å². The van der Waals surface area contributed by atoms with Crippen molar-refractivity contribution in [3.63, 3.8) is 0 Å². The average Bonchev–Trinajstić information content (AvgIpc) is 2.28. The molecule has 0 aromatic heterocycles. The molecule has 0 aliphatic carbocycles.